The Labute approximate surface area is 146 Å². The summed E-state index contributed by atoms with van der Waals surface area (Å²) >= 11 is 8.55. The lowest BCUT2D eigenvalue weighted by Crippen LogP contribution is -2.18. The number of aromatic nitrogens is 3. The molecule has 7 heteroatoms. The van der Waals surface area contributed by atoms with Crippen molar-refractivity contribution in [2.45, 2.75) is 13.0 Å². The molecule has 0 N–H and O–H groups in total. The van der Waals surface area contributed by atoms with E-state index < -0.39 is 6.04 Å². The Morgan fingerprint density at radius 1 is 1.22 bits per heavy atom. The maximum Gasteiger partial charge on any atom is 0.287 e. The van der Waals surface area contributed by atoms with E-state index in [1.165, 1.54) is 4.68 Å². The summed E-state index contributed by atoms with van der Waals surface area (Å²) in [4.78, 5) is 16.7. The van der Waals surface area contributed by atoms with Gasteiger partial charge in [0.25, 0.3) is 4.84 Å². The van der Waals surface area contributed by atoms with E-state index in [4.69, 9.17) is 16.6 Å². The molecular weight excluding hydrogens is 378 g/mol. The fraction of sp³-hybridized carbons (Fsp3) is 0.125. The van der Waals surface area contributed by atoms with Crippen LogP contribution in [0, 0.1) is 4.84 Å². The van der Waals surface area contributed by atoms with E-state index in [1.807, 2.05) is 12.1 Å². The van der Waals surface area contributed by atoms with Crippen molar-refractivity contribution in [3.63, 3.8) is 0 Å². The maximum absolute atomic E-state index is 12.6. The predicted octanol–water partition coefficient (Wildman–Crippen LogP) is 4.47. The topological polar surface area (TPSA) is 60.9 Å². The third kappa shape index (κ3) is 3.30. The Bertz CT molecular complexity index is 888. The number of Topliss-reactive ketones (excluding diaryl/α,β-unsaturated/α-hetero) is 1. The first-order valence-corrected chi connectivity index (χ1v) is 8.06. The average Bonchev–Trinajstić information content (AvgIpc) is 2.97. The Kier molecular flexibility index (Phi) is 4.49. The monoisotopic (exact) mass is 389 g/mol. The minimum absolute atomic E-state index is 0.0804. The lowest BCUT2D eigenvalue weighted by molar-refractivity contribution is 0.0925. The molecule has 3 aromatic rings. The molecule has 0 amide bonds. The second-order valence-electron chi connectivity index (χ2n) is 4.90. The molecule has 0 saturated carbocycles. The fourth-order valence-electron chi connectivity index (χ4n) is 2.11. The smallest absolute Gasteiger partial charge is 0.287 e. The number of rotatable bonds is 4. The molecule has 0 fully saturated rings. The number of benzene rings is 1. The van der Waals surface area contributed by atoms with E-state index in [0.717, 1.165) is 10.0 Å². The van der Waals surface area contributed by atoms with Gasteiger partial charge in [0.2, 0.25) is 5.89 Å². The van der Waals surface area contributed by atoms with Gasteiger partial charge in [-0.15, -0.1) is 5.10 Å². The molecule has 0 unspecified atom stereocenters. The Balaban J connectivity index is 1.92. The first kappa shape index (κ1) is 15.8. The summed E-state index contributed by atoms with van der Waals surface area (Å²) in [6.07, 6.45) is 3.28. The molecule has 0 bridgehead atoms. The quantitative estimate of drug-likeness (QED) is 0.486. The molecule has 2 aromatic heterocycles. The van der Waals surface area contributed by atoms with Crippen LogP contribution in [-0.2, 0) is 0 Å². The van der Waals surface area contributed by atoms with E-state index in [-0.39, 0.29) is 10.6 Å². The molecule has 0 aliphatic rings. The van der Waals surface area contributed by atoms with Gasteiger partial charge in [0.15, 0.2) is 5.78 Å². The van der Waals surface area contributed by atoms with Gasteiger partial charge in [-0.3, -0.25) is 9.78 Å². The van der Waals surface area contributed by atoms with Crippen molar-refractivity contribution in [2.24, 2.45) is 0 Å². The first-order valence-electron chi connectivity index (χ1n) is 6.86. The summed E-state index contributed by atoms with van der Waals surface area (Å²) in [6.45, 7) is 1.75. The molecule has 116 valence electrons. The van der Waals surface area contributed by atoms with Gasteiger partial charge < -0.3 is 4.42 Å². The van der Waals surface area contributed by atoms with Gasteiger partial charge in [0.05, 0.1) is 0 Å². The minimum atomic E-state index is -0.553. The number of carbonyl (C=O) groups is 1. The van der Waals surface area contributed by atoms with Crippen molar-refractivity contribution in [3.8, 4) is 11.5 Å². The number of halogens is 1. The van der Waals surface area contributed by atoms with Crippen molar-refractivity contribution in [2.75, 3.05) is 0 Å². The summed E-state index contributed by atoms with van der Waals surface area (Å²) < 4.78 is 7.85. The molecule has 0 spiro atoms. The molecule has 2 heterocycles. The highest BCUT2D eigenvalue weighted by Gasteiger charge is 2.21. The van der Waals surface area contributed by atoms with E-state index in [0.29, 0.717) is 11.5 Å². The summed E-state index contributed by atoms with van der Waals surface area (Å²) in [5, 5.41) is 4.33. The first-order chi connectivity index (χ1) is 11.1. The van der Waals surface area contributed by atoms with E-state index >= 15 is 0 Å². The van der Waals surface area contributed by atoms with Crippen LogP contribution in [-0.4, -0.2) is 20.5 Å². The van der Waals surface area contributed by atoms with Crippen molar-refractivity contribution in [1.29, 1.82) is 0 Å². The van der Waals surface area contributed by atoms with Gasteiger partial charge in [-0.05, 0) is 43.4 Å². The van der Waals surface area contributed by atoms with Gasteiger partial charge >= 0.3 is 0 Å². The van der Waals surface area contributed by atoms with Crippen LogP contribution in [0.1, 0.15) is 23.3 Å². The Hall–Kier alpha value is -2.12. The summed E-state index contributed by atoms with van der Waals surface area (Å²) in [7, 11) is 0. The second-order valence-corrected chi connectivity index (χ2v) is 6.17. The lowest BCUT2D eigenvalue weighted by Gasteiger charge is -2.09. The number of nitrogens with zero attached hydrogens (tertiary/aromatic N) is 3. The van der Waals surface area contributed by atoms with Crippen LogP contribution in [0.25, 0.3) is 11.5 Å². The van der Waals surface area contributed by atoms with E-state index in [2.05, 4.69) is 26.0 Å². The highest BCUT2D eigenvalue weighted by Crippen LogP contribution is 2.21. The zero-order chi connectivity index (χ0) is 16.4. The number of hydrogen-bond donors (Lipinski definition) is 0. The van der Waals surface area contributed by atoms with Crippen LogP contribution in [0.15, 0.2) is 57.7 Å². The number of pyridine rings is 1. The third-order valence-corrected chi connectivity index (χ3v) is 4.17. The van der Waals surface area contributed by atoms with E-state index in [1.54, 1.807) is 43.6 Å². The minimum Gasteiger partial charge on any atom is -0.409 e. The highest BCUT2D eigenvalue weighted by molar-refractivity contribution is 9.10. The van der Waals surface area contributed by atoms with Crippen LogP contribution in [0.5, 0.6) is 0 Å². The van der Waals surface area contributed by atoms with Crippen LogP contribution in [0.4, 0.5) is 0 Å². The number of ketones is 1. The molecule has 1 atom stereocenters. The predicted molar refractivity (Wildman–Crippen MR) is 91.7 cm³/mol. The molecule has 0 aliphatic carbocycles. The van der Waals surface area contributed by atoms with Crippen molar-refractivity contribution in [3.05, 3.63) is 63.7 Å². The second kappa shape index (κ2) is 6.55. The number of carbonyl (C=O) groups excluding carboxylic acids is 1. The van der Waals surface area contributed by atoms with Gasteiger partial charge in [0.1, 0.15) is 6.04 Å². The van der Waals surface area contributed by atoms with Gasteiger partial charge in [-0.1, -0.05) is 28.1 Å². The number of hydrogen-bond acceptors (Lipinski definition) is 5. The van der Waals surface area contributed by atoms with Crippen molar-refractivity contribution in [1.82, 2.24) is 14.8 Å². The molecule has 1 aromatic carbocycles. The van der Waals surface area contributed by atoms with Crippen LogP contribution >= 0.6 is 28.1 Å². The Morgan fingerprint density at radius 3 is 2.52 bits per heavy atom. The zero-order valence-corrected chi connectivity index (χ0v) is 14.5. The third-order valence-electron chi connectivity index (χ3n) is 3.37. The van der Waals surface area contributed by atoms with Crippen LogP contribution < -0.4 is 0 Å². The molecule has 0 radical (unpaired) electrons. The van der Waals surface area contributed by atoms with Gasteiger partial charge in [0, 0.05) is 28.0 Å². The summed E-state index contributed by atoms with van der Waals surface area (Å²) in [6, 6.07) is 10.2. The summed E-state index contributed by atoms with van der Waals surface area (Å²) in [5.41, 5.74) is 1.35. The molecule has 3 rings (SSSR count). The molecule has 0 saturated heterocycles. The van der Waals surface area contributed by atoms with Crippen LogP contribution in [0.2, 0.25) is 0 Å². The maximum atomic E-state index is 12.6. The lowest BCUT2D eigenvalue weighted by atomic mass is 10.1. The Morgan fingerprint density at radius 2 is 1.87 bits per heavy atom. The normalized spacial score (nSPS) is 12.1. The zero-order valence-electron chi connectivity index (χ0n) is 12.1. The van der Waals surface area contributed by atoms with Crippen LogP contribution in [0.3, 0.4) is 0 Å². The SMILES string of the molecule is C[C@H](C(=O)c1ccc(Br)cc1)n1nc(-c2ccncc2)oc1=S. The highest BCUT2D eigenvalue weighted by atomic mass is 79.9. The largest absolute Gasteiger partial charge is 0.409 e. The molecule has 5 nitrogen and oxygen atoms in total. The average molecular weight is 390 g/mol. The van der Waals surface area contributed by atoms with Crippen molar-refractivity contribution < 1.29 is 9.21 Å². The standard InChI is InChI=1S/C16H12BrN3O2S/c1-10(14(21)11-2-4-13(17)5-3-11)20-16(23)22-15(19-20)12-6-8-18-9-7-12/h2-10H,1H3/t10-/m1/s1. The molecular formula is C16H12BrN3O2S. The van der Waals surface area contributed by atoms with Gasteiger partial charge in [-0.25, -0.2) is 4.68 Å². The van der Waals surface area contributed by atoms with Gasteiger partial charge in [-0.2, -0.15) is 0 Å². The van der Waals surface area contributed by atoms with Crippen molar-refractivity contribution >= 4 is 33.9 Å². The fourth-order valence-corrected chi connectivity index (χ4v) is 2.65. The summed E-state index contributed by atoms with van der Waals surface area (Å²) in [5.74, 6) is 0.288. The molecule has 23 heavy (non-hydrogen) atoms. The van der Waals surface area contributed by atoms with E-state index in [9.17, 15) is 4.79 Å². The molecule has 0 aliphatic heterocycles.